The summed E-state index contributed by atoms with van der Waals surface area (Å²) in [6.07, 6.45) is 3.64. The van der Waals surface area contributed by atoms with Crippen molar-refractivity contribution < 1.29 is 0 Å². The summed E-state index contributed by atoms with van der Waals surface area (Å²) in [6.45, 7) is 8.47. The van der Waals surface area contributed by atoms with Gasteiger partial charge in [-0.1, -0.05) is 6.92 Å². The maximum Gasteiger partial charge on any atom is 0.131 e. The number of hydrogen-bond donors (Lipinski definition) is 2. The standard InChI is InChI=1S/C15H27N5/c1-4-7-16-14-10-15(19-12(2)18-14)17-11-13-5-8-20(3)9-6-13/h10,13H,4-9,11H2,1-3H3,(H2,16,17,18,19). The molecule has 2 N–H and O–H groups in total. The molecule has 0 radical (unpaired) electrons. The predicted molar refractivity (Wildman–Crippen MR) is 84.3 cm³/mol. The van der Waals surface area contributed by atoms with Crippen LogP contribution in [0.15, 0.2) is 6.07 Å². The molecule has 0 bridgehead atoms. The molecule has 0 spiro atoms. The largest absolute Gasteiger partial charge is 0.370 e. The van der Waals surface area contributed by atoms with Crippen LogP contribution in [-0.2, 0) is 0 Å². The smallest absolute Gasteiger partial charge is 0.131 e. The van der Waals surface area contributed by atoms with E-state index in [4.69, 9.17) is 0 Å². The number of hydrogen-bond acceptors (Lipinski definition) is 5. The Labute approximate surface area is 122 Å². The van der Waals surface area contributed by atoms with Crippen molar-refractivity contribution in [3.05, 3.63) is 11.9 Å². The molecule has 5 heteroatoms. The first-order valence-corrected chi connectivity index (χ1v) is 7.69. The first-order valence-electron chi connectivity index (χ1n) is 7.69. The van der Waals surface area contributed by atoms with Crippen molar-refractivity contribution in [3.8, 4) is 0 Å². The Kier molecular flexibility index (Phi) is 5.59. The second-order valence-electron chi connectivity index (χ2n) is 5.74. The van der Waals surface area contributed by atoms with Gasteiger partial charge in [0, 0.05) is 19.2 Å². The summed E-state index contributed by atoms with van der Waals surface area (Å²) in [7, 11) is 2.20. The summed E-state index contributed by atoms with van der Waals surface area (Å²) >= 11 is 0. The molecule has 1 saturated heterocycles. The summed E-state index contributed by atoms with van der Waals surface area (Å²) in [4.78, 5) is 11.3. The van der Waals surface area contributed by atoms with Crippen LogP contribution in [0.25, 0.3) is 0 Å². The average Bonchev–Trinajstić information content (AvgIpc) is 2.44. The maximum absolute atomic E-state index is 4.47. The summed E-state index contributed by atoms with van der Waals surface area (Å²) in [6, 6.07) is 2.01. The van der Waals surface area contributed by atoms with Gasteiger partial charge in [0.1, 0.15) is 17.5 Å². The summed E-state index contributed by atoms with van der Waals surface area (Å²) < 4.78 is 0. The van der Waals surface area contributed by atoms with Gasteiger partial charge in [-0.3, -0.25) is 0 Å². The molecule has 1 aliphatic rings. The van der Waals surface area contributed by atoms with E-state index in [9.17, 15) is 0 Å². The van der Waals surface area contributed by atoms with Gasteiger partial charge in [-0.05, 0) is 52.2 Å². The lowest BCUT2D eigenvalue weighted by Gasteiger charge is -2.29. The highest BCUT2D eigenvalue weighted by Crippen LogP contribution is 2.17. The van der Waals surface area contributed by atoms with Crippen LogP contribution in [0.4, 0.5) is 11.6 Å². The van der Waals surface area contributed by atoms with E-state index >= 15 is 0 Å². The Morgan fingerprint density at radius 1 is 1.20 bits per heavy atom. The quantitative estimate of drug-likeness (QED) is 0.836. The van der Waals surface area contributed by atoms with Crippen molar-refractivity contribution in [2.45, 2.75) is 33.1 Å². The fraction of sp³-hybridized carbons (Fsp3) is 0.733. The lowest BCUT2D eigenvalue weighted by Crippen LogP contribution is -2.33. The molecule has 0 aromatic carbocycles. The Morgan fingerprint density at radius 3 is 2.50 bits per heavy atom. The highest BCUT2D eigenvalue weighted by Gasteiger charge is 2.16. The number of anilines is 2. The summed E-state index contributed by atoms with van der Waals surface area (Å²) in [5.74, 6) is 3.44. The number of piperidine rings is 1. The van der Waals surface area contributed by atoms with E-state index in [1.165, 1.54) is 25.9 Å². The molecule has 1 fully saturated rings. The molecule has 0 aliphatic carbocycles. The van der Waals surface area contributed by atoms with E-state index in [1.807, 2.05) is 13.0 Å². The topological polar surface area (TPSA) is 53.1 Å². The van der Waals surface area contributed by atoms with Crippen molar-refractivity contribution >= 4 is 11.6 Å². The van der Waals surface area contributed by atoms with Crippen molar-refractivity contribution in [2.24, 2.45) is 5.92 Å². The average molecular weight is 277 g/mol. The first kappa shape index (κ1) is 15.0. The number of aromatic nitrogens is 2. The highest BCUT2D eigenvalue weighted by atomic mass is 15.1. The lowest BCUT2D eigenvalue weighted by molar-refractivity contribution is 0.226. The van der Waals surface area contributed by atoms with E-state index in [0.717, 1.165) is 42.9 Å². The fourth-order valence-electron chi connectivity index (χ4n) is 2.52. The Balaban J connectivity index is 1.87. The zero-order valence-corrected chi connectivity index (χ0v) is 12.9. The third-order valence-corrected chi connectivity index (χ3v) is 3.80. The highest BCUT2D eigenvalue weighted by molar-refractivity contribution is 5.47. The zero-order valence-electron chi connectivity index (χ0n) is 12.9. The summed E-state index contributed by atoms with van der Waals surface area (Å²) in [5, 5.41) is 6.80. The Hall–Kier alpha value is -1.36. The van der Waals surface area contributed by atoms with Gasteiger partial charge in [0.25, 0.3) is 0 Å². The zero-order chi connectivity index (χ0) is 14.4. The van der Waals surface area contributed by atoms with Crippen LogP contribution < -0.4 is 10.6 Å². The normalized spacial score (nSPS) is 17.1. The van der Waals surface area contributed by atoms with Crippen molar-refractivity contribution in [3.63, 3.8) is 0 Å². The molecule has 2 heterocycles. The van der Waals surface area contributed by atoms with E-state index in [0.29, 0.717) is 0 Å². The minimum absolute atomic E-state index is 0.758. The molecule has 0 amide bonds. The molecule has 1 aliphatic heterocycles. The van der Waals surface area contributed by atoms with Crippen LogP contribution in [0.1, 0.15) is 32.0 Å². The minimum Gasteiger partial charge on any atom is -0.370 e. The van der Waals surface area contributed by atoms with Crippen molar-refractivity contribution in [1.29, 1.82) is 0 Å². The first-order chi connectivity index (χ1) is 9.67. The van der Waals surface area contributed by atoms with Crippen LogP contribution in [0, 0.1) is 12.8 Å². The van der Waals surface area contributed by atoms with Gasteiger partial charge in [-0.2, -0.15) is 0 Å². The number of aryl methyl sites for hydroxylation is 1. The van der Waals surface area contributed by atoms with Crippen LogP contribution in [0.3, 0.4) is 0 Å². The van der Waals surface area contributed by atoms with Gasteiger partial charge in [-0.25, -0.2) is 9.97 Å². The van der Waals surface area contributed by atoms with Crippen LogP contribution in [-0.4, -0.2) is 48.1 Å². The third kappa shape index (κ3) is 4.63. The van der Waals surface area contributed by atoms with Gasteiger partial charge in [0.05, 0.1) is 0 Å². The Bertz CT molecular complexity index is 413. The van der Waals surface area contributed by atoms with Crippen LogP contribution >= 0.6 is 0 Å². The monoisotopic (exact) mass is 277 g/mol. The molecule has 1 aromatic rings. The third-order valence-electron chi connectivity index (χ3n) is 3.80. The van der Waals surface area contributed by atoms with E-state index in [2.05, 4.69) is 39.5 Å². The van der Waals surface area contributed by atoms with Gasteiger partial charge in [0.15, 0.2) is 0 Å². The molecule has 20 heavy (non-hydrogen) atoms. The van der Waals surface area contributed by atoms with Gasteiger partial charge < -0.3 is 15.5 Å². The Morgan fingerprint density at radius 2 is 1.85 bits per heavy atom. The van der Waals surface area contributed by atoms with E-state index in [1.54, 1.807) is 0 Å². The minimum atomic E-state index is 0.758. The van der Waals surface area contributed by atoms with Gasteiger partial charge >= 0.3 is 0 Å². The molecule has 5 nitrogen and oxygen atoms in total. The van der Waals surface area contributed by atoms with Crippen LogP contribution in [0.5, 0.6) is 0 Å². The SMILES string of the molecule is CCCNc1cc(NCC2CCN(C)CC2)nc(C)n1. The molecule has 112 valence electrons. The molecule has 0 atom stereocenters. The second kappa shape index (κ2) is 7.43. The fourth-order valence-corrected chi connectivity index (χ4v) is 2.52. The van der Waals surface area contributed by atoms with E-state index < -0.39 is 0 Å². The number of likely N-dealkylation sites (tertiary alicyclic amines) is 1. The second-order valence-corrected chi connectivity index (χ2v) is 5.74. The van der Waals surface area contributed by atoms with E-state index in [-0.39, 0.29) is 0 Å². The van der Waals surface area contributed by atoms with Gasteiger partial charge in [-0.15, -0.1) is 0 Å². The number of rotatable bonds is 6. The van der Waals surface area contributed by atoms with Crippen molar-refractivity contribution in [2.75, 3.05) is 43.9 Å². The summed E-state index contributed by atoms with van der Waals surface area (Å²) in [5.41, 5.74) is 0. The molecule has 0 unspecified atom stereocenters. The molecule has 2 rings (SSSR count). The molecule has 0 saturated carbocycles. The molecular formula is C15H27N5. The predicted octanol–water partition coefficient (Wildman–Crippen LogP) is 2.36. The number of nitrogens with zero attached hydrogens (tertiary/aromatic N) is 3. The van der Waals surface area contributed by atoms with Crippen LogP contribution in [0.2, 0.25) is 0 Å². The lowest BCUT2D eigenvalue weighted by atomic mass is 9.97. The number of nitrogens with one attached hydrogen (secondary N) is 2. The maximum atomic E-state index is 4.47. The molecular weight excluding hydrogens is 250 g/mol. The molecule has 1 aromatic heterocycles. The van der Waals surface area contributed by atoms with Crippen molar-refractivity contribution in [1.82, 2.24) is 14.9 Å². The van der Waals surface area contributed by atoms with Gasteiger partial charge in [0.2, 0.25) is 0 Å².